The van der Waals surface area contributed by atoms with Gasteiger partial charge in [0.15, 0.2) is 0 Å². The fourth-order valence-corrected chi connectivity index (χ4v) is 3.80. The van der Waals surface area contributed by atoms with Crippen LogP contribution in [0.1, 0.15) is 49.0 Å². The van der Waals surface area contributed by atoms with Gasteiger partial charge in [-0.3, -0.25) is 4.79 Å². The van der Waals surface area contributed by atoms with Gasteiger partial charge in [0.05, 0.1) is 4.90 Å². The number of carbonyl (C=O) groups is 1. The van der Waals surface area contributed by atoms with E-state index in [4.69, 9.17) is 5.73 Å². The van der Waals surface area contributed by atoms with Crippen molar-refractivity contribution in [3.05, 3.63) is 29.3 Å². The van der Waals surface area contributed by atoms with Gasteiger partial charge in [-0.1, -0.05) is 19.9 Å². The third-order valence-corrected chi connectivity index (χ3v) is 6.17. The molecule has 0 saturated heterocycles. The summed E-state index contributed by atoms with van der Waals surface area (Å²) >= 11 is 0. The number of aryl methyl sites for hydroxylation is 1. The summed E-state index contributed by atoms with van der Waals surface area (Å²) < 4.78 is 27.4. The van der Waals surface area contributed by atoms with Crippen LogP contribution in [0, 0.1) is 12.8 Å². The summed E-state index contributed by atoms with van der Waals surface area (Å²) in [6, 6.07) is 4.77. The lowest BCUT2D eigenvalue weighted by atomic mass is 10.0. The summed E-state index contributed by atoms with van der Waals surface area (Å²) in [5, 5.41) is 0. The molecule has 0 aliphatic heterocycles. The van der Waals surface area contributed by atoms with Crippen LogP contribution in [0.3, 0.4) is 0 Å². The fraction of sp³-hybridized carbons (Fsp3) is 0.611. The molecule has 2 rings (SSSR count). The third-order valence-electron chi connectivity index (χ3n) is 4.65. The Morgan fingerprint density at radius 1 is 1.36 bits per heavy atom. The maximum absolute atomic E-state index is 12.7. The molecule has 6 nitrogen and oxygen atoms in total. The summed E-state index contributed by atoms with van der Waals surface area (Å²) in [4.78, 5) is 14.5. The van der Waals surface area contributed by atoms with E-state index in [0.29, 0.717) is 24.4 Å². The standard InChI is InChI=1S/C18H29N3O3S/c1-12(2)17(19)9-10-21(4)18(22)16-11-15(8-5-13(16)3)25(23,24)20-14-6-7-14/h5,8,11-12,14,17,20H,6-7,9-10,19H2,1-4H3. The topological polar surface area (TPSA) is 92.5 Å². The number of hydrogen-bond acceptors (Lipinski definition) is 4. The number of hydrogen-bond donors (Lipinski definition) is 2. The molecule has 1 aromatic rings. The Hall–Kier alpha value is -1.44. The van der Waals surface area contributed by atoms with Crippen molar-refractivity contribution in [3.8, 4) is 0 Å². The van der Waals surface area contributed by atoms with Crippen LogP contribution in [0.15, 0.2) is 23.1 Å². The molecular weight excluding hydrogens is 338 g/mol. The number of nitrogens with two attached hydrogens (primary N) is 1. The summed E-state index contributed by atoms with van der Waals surface area (Å²) in [6.45, 7) is 6.45. The first kappa shape index (κ1) is 19.9. The van der Waals surface area contributed by atoms with E-state index in [2.05, 4.69) is 18.6 Å². The van der Waals surface area contributed by atoms with Crippen LogP contribution in [0.5, 0.6) is 0 Å². The Labute approximate surface area is 150 Å². The second-order valence-electron chi connectivity index (χ2n) is 7.30. The molecule has 1 amide bonds. The average molecular weight is 368 g/mol. The molecule has 1 aliphatic rings. The van der Waals surface area contributed by atoms with Gasteiger partial charge in [-0.2, -0.15) is 0 Å². The van der Waals surface area contributed by atoms with E-state index in [1.165, 1.54) is 6.07 Å². The van der Waals surface area contributed by atoms with Gasteiger partial charge in [-0.25, -0.2) is 13.1 Å². The number of sulfonamides is 1. The Balaban J connectivity index is 2.14. The van der Waals surface area contributed by atoms with E-state index < -0.39 is 10.0 Å². The van der Waals surface area contributed by atoms with Crippen molar-refractivity contribution in [1.29, 1.82) is 0 Å². The van der Waals surface area contributed by atoms with Crippen LogP contribution >= 0.6 is 0 Å². The molecule has 1 unspecified atom stereocenters. The molecule has 140 valence electrons. The van der Waals surface area contributed by atoms with Gasteiger partial charge in [0.1, 0.15) is 0 Å². The zero-order valence-electron chi connectivity index (χ0n) is 15.5. The zero-order valence-corrected chi connectivity index (χ0v) is 16.3. The first-order chi connectivity index (χ1) is 11.6. The van der Waals surface area contributed by atoms with Crippen LogP contribution in [0.2, 0.25) is 0 Å². The molecule has 0 aromatic heterocycles. The number of benzene rings is 1. The lowest BCUT2D eigenvalue weighted by Gasteiger charge is -2.22. The highest BCUT2D eigenvalue weighted by Crippen LogP contribution is 2.23. The highest BCUT2D eigenvalue weighted by Gasteiger charge is 2.28. The molecular formula is C18H29N3O3S. The third kappa shape index (κ3) is 5.26. The van der Waals surface area contributed by atoms with Crippen molar-refractivity contribution in [2.45, 2.75) is 57.0 Å². The minimum Gasteiger partial charge on any atom is -0.342 e. The van der Waals surface area contributed by atoms with E-state index in [1.54, 1.807) is 24.1 Å². The van der Waals surface area contributed by atoms with Crippen molar-refractivity contribution in [2.24, 2.45) is 11.7 Å². The first-order valence-electron chi connectivity index (χ1n) is 8.76. The van der Waals surface area contributed by atoms with Crippen LogP contribution < -0.4 is 10.5 Å². The van der Waals surface area contributed by atoms with E-state index in [0.717, 1.165) is 18.4 Å². The van der Waals surface area contributed by atoms with Crippen molar-refractivity contribution in [1.82, 2.24) is 9.62 Å². The monoisotopic (exact) mass is 367 g/mol. The molecule has 3 N–H and O–H groups in total. The predicted molar refractivity (Wildman–Crippen MR) is 98.9 cm³/mol. The molecule has 1 aliphatic carbocycles. The molecule has 25 heavy (non-hydrogen) atoms. The SMILES string of the molecule is Cc1ccc(S(=O)(=O)NC2CC2)cc1C(=O)N(C)CCC(N)C(C)C. The molecule has 1 aromatic carbocycles. The van der Waals surface area contributed by atoms with Crippen molar-refractivity contribution < 1.29 is 13.2 Å². The normalized spacial score (nSPS) is 16.1. The summed E-state index contributed by atoms with van der Waals surface area (Å²) in [6.07, 6.45) is 2.45. The van der Waals surface area contributed by atoms with Gasteiger partial charge in [0, 0.05) is 31.2 Å². The van der Waals surface area contributed by atoms with Crippen molar-refractivity contribution >= 4 is 15.9 Å². The van der Waals surface area contributed by atoms with Gasteiger partial charge < -0.3 is 10.6 Å². The largest absolute Gasteiger partial charge is 0.342 e. The van der Waals surface area contributed by atoms with Crippen molar-refractivity contribution in [2.75, 3.05) is 13.6 Å². The molecule has 0 spiro atoms. The van der Waals surface area contributed by atoms with Crippen LogP contribution in [-0.2, 0) is 10.0 Å². The predicted octanol–water partition coefficient (Wildman–Crippen LogP) is 1.88. The summed E-state index contributed by atoms with van der Waals surface area (Å²) in [7, 11) is -1.85. The van der Waals surface area contributed by atoms with E-state index >= 15 is 0 Å². The Bertz CT molecular complexity index is 727. The molecule has 0 bridgehead atoms. The molecule has 1 saturated carbocycles. The summed E-state index contributed by atoms with van der Waals surface area (Å²) in [5.74, 6) is 0.170. The number of rotatable bonds is 8. The van der Waals surface area contributed by atoms with Gasteiger partial charge in [0.25, 0.3) is 5.91 Å². The smallest absolute Gasteiger partial charge is 0.253 e. The van der Waals surface area contributed by atoms with Crippen LogP contribution in [0.4, 0.5) is 0 Å². The van der Waals surface area contributed by atoms with Gasteiger partial charge in [-0.05, 0) is 49.8 Å². The maximum atomic E-state index is 12.7. The molecule has 1 fully saturated rings. The Morgan fingerprint density at radius 3 is 2.56 bits per heavy atom. The highest BCUT2D eigenvalue weighted by atomic mass is 32.2. The first-order valence-corrected chi connectivity index (χ1v) is 10.2. The van der Waals surface area contributed by atoms with Crippen molar-refractivity contribution in [3.63, 3.8) is 0 Å². The number of nitrogens with one attached hydrogen (secondary N) is 1. The van der Waals surface area contributed by atoms with E-state index in [9.17, 15) is 13.2 Å². The molecule has 7 heteroatoms. The second-order valence-corrected chi connectivity index (χ2v) is 9.01. The number of nitrogens with zero attached hydrogens (tertiary/aromatic N) is 1. The van der Waals surface area contributed by atoms with Crippen LogP contribution in [0.25, 0.3) is 0 Å². The van der Waals surface area contributed by atoms with Gasteiger partial charge in [0.2, 0.25) is 10.0 Å². The highest BCUT2D eigenvalue weighted by molar-refractivity contribution is 7.89. The lowest BCUT2D eigenvalue weighted by Crippen LogP contribution is -2.35. The van der Waals surface area contributed by atoms with Gasteiger partial charge in [-0.15, -0.1) is 0 Å². The fourth-order valence-electron chi connectivity index (χ4n) is 2.47. The lowest BCUT2D eigenvalue weighted by molar-refractivity contribution is 0.0788. The second kappa shape index (κ2) is 7.85. The van der Waals surface area contributed by atoms with Gasteiger partial charge >= 0.3 is 0 Å². The van der Waals surface area contributed by atoms with E-state index in [-0.39, 0.29) is 22.9 Å². The minimum atomic E-state index is -3.57. The molecule has 1 atom stereocenters. The quantitative estimate of drug-likeness (QED) is 0.734. The maximum Gasteiger partial charge on any atom is 0.253 e. The minimum absolute atomic E-state index is 0.0330. The zero-order chi connectivity index (χ0) is 18.8. The van der Waals surface area contributed by atoms with Crippen LogP contribution in [-0.4, -0.2) is 44.9 Å². The Morgan fingerprint density at radius 2 is 2.00 bits per heavy atom. The Kier molecular flexibility index (Phi) is 6.24. The number of amides is 1. The molecule has 0 heterocycles. The summed E-state index contributed by atoms with van der Waals surface area (Å²) in [5.41, 5.74) is 7.22. The number of carbonyl (C=O) groups excluding carboxylic acids is 1. The average Bonchev–Trinajstić information content (AvgIpc) is 3.34. The van der Waals surface area contributed by atoms with E-state index in [1.807, 2.05) is 6.92 Å². The molecule has 0 radical (unpaired) electrons.